The van der Waals surface area contributed by atoms with Crippen molar-refractivity contribution in [3.05, 3.63) is 54.9 Å². The van der Waals surface area contributed by atoms with Gasteiger partial charge in [0.05, 0.1) is 16.7 Å². The molecule has 2 aromatic heterocycles. The van der Waals surface area contributed by atoms with Crippen LogP contribution in [0.1, 0.15) is 32.1 Å². The van der Waals surface area contributed by atoms with Gasteiger partial charge in [0, 0.05) is 12.4 Å². The monoisotopic (exact) mass is 409 g/mol. The van der Waals surface area contributed by atoms with Gasteiger partial charge in [0.2, 0.25) is 0 Å². The summed E-state index contributed by atoms with van der Waals surface area (Å²) in [4.78, 5) is 4.71. The highest BCUT2D eigenvalue weighted by atomic mass is 32.2. The molecule has 1 aromatic carbocycles. The maximum Gasteiger partial charge on any atom is 0.139 e. The first-order chi connectivity index (χ1) is 14.0. The first kappa shape index (κ1) is 18.3. The number of hydrogen-bond donors (Lipinski definition) is 2. The van der Waals surface area contributed by atoms with Crippen molar-refractivity contribution in [3.8, 4) is 17.1 Å². The predicted molar refractivity (Wildman–Crippen MR) is 111 cm³/mol. The van der Waals surface area contributed by atoms with Crippen LogP contribution >= 0.6 is 0 Å². The SMILES string of the molecule is NS(=O)(=Nc1c[nH]nc1-c1ccccn1)c1ccc(OC2CCC3(CC3)C2)cc1. The smallest absolute Gasteiger partial charge is 0.139 e. The van der Waals surface area contributed by atoms with Gasteiger partial charge in [-0.1, -0.05) is 6.07 Å². The highest BCUT2D eigenvalue weighted by Gasteiger charge is 2.48. The Labute approximate surface area is 170 Å². The van der Waals surface area contributed by atoms with Crippen molar-refractivity contribution in [2.45, 2.75) is 43.1 Å². The molecule has 1 spiro atoms. The molecule has 5 rings (SSSR count). The minimum Gasteiger partial charge on any atom is -0.490 e. The Balaban J connectivity index is 1.36. The summed E-state index contributed by atoms with van der Waals surface area (Å²) in [7, 11) is -3.13. The molecule has 2 atom stereocenters. The zero-order valence-corrected chi connectivity index (χ0v) is 16.8. The first-order valence-corrected chi connectivity index (χ1v) is 11.4. The Morgan fingerprint density at radius 2 is 2.00 bits per heavy atom. The van der Waals surface area contributed by atoms with Crippen LogP contribution in [0.3, 0.4) is 0 Å². The molecule has 7 nitrogen and oxygen atoms in total. The van der Waals surface area contributed by atoms with Crippen molar-refractivity contribution >= 4 is 15.6 Å². The van der Waals surface area contributed by atoms with Gasteiger partial charge in [-0.15, -0.1) is 0 Å². The number of benzene rings is 1. The molecule has 8 heteroatoms. The summed E-state index contributed by atoms with van der Waals surface area (Å²) < 4.78 is 23.5. The Bertz CT molecular complexity index is 1130. The van der Waals surface area contributed by atoms with E-state index in [1.54, 1.807) is 24.5 Å². The molecule has 3 aromatic rings. The molecule has 150 valence electrons. The van der Waals surface area contributed by atoms with Gasteiger partial charge < -0.3 is 4.74 Å². The van der Waals surface area contributed by atoms with E-state index >= 15 is 0 Å². The lowest BCUT2D eigenvalue weighted by molar-refractivity contribution is 0.202. The largest absolute Gasteiger partial charge is 0.490 e. The topological polar surface area (TPSA) is 106 Å². The van der Waals surface area contributed by atoms with Crippen molar-refractivity contribution in [3.63, 3.8) is 0 Å². The standard InChI is InChI=1S/C21H23N5O2S/c22-29(27,26-19-14-24-25-20(19)18-3-1-2-12-23-18)17-6-4-15(5-7-17)28-16-8-9-21(13-16)10-11-21/h1-7,12,14,16H,8-11,13H2,(H,24,25)(H2,22,26,27). The van der Waals surface area contributed by atoms with Gasteiger partial charge in [0.1, 0.15) is 27.0 Å². The van der Waals surface area contributed by atoms with Gasteiger partial charge in [-0.2, -0.15) is 9.46 Å². The van der Waals surface area contributed by atoms with E-state index in [0.717, 1.165) is 18.6 Å². The van der Waals surface area contributed by atoms with Gasteiger partial charge in [0.15, 0.2) is 0 Å². The van der Waals surface area contributed by atoms with Gasteiger partial charge in [0.25, 0.3) is 0 Å². The molecule has 0 bridgehead atoms. The quantitative estimate of drug-likeness (QED) is 0.658. The van der Waals surface area contributed by atoms with Gasteiger partial charge in [-0.05, 0) is 73.9 Å². The highest BCUT2D eigenvalue weighted by molar-refractivity contribution is 7.91. The molecule has 3 N–H and O–H groups in total. The zero-order chi connectivity index (χ0) is 19.9. The lowest BCUT2D eigenvalue weighted by Crippen LogP contribution is -2.14. The summed E-state index contributed by atoms with van der Waals surface area (Å²) in [5.74, 6) is 0.782. The van der Waals surface area contributed by atoms with Gasteiger partial charge >= 0.3 is 0 Å². The van der Waals surface area contributed by atoms with Crippen molar-refractivity contribution in [1.29, 1.82) is 0 Å². The number of aromatic nitrogens is 3. The maximum atomic E-state index is 13.1. The molecule has 0 amide bonds. The van der Waals surface area contributed by atoms with Gasteiger partial charge in [-0.3, -0.25) is 10.1 Å². The number of aromatic amines is 1. The zero-order valence-electron chi connectivity index (χ0n) is 16.0. The lowest BCUT2D eigenvalue weighted by Gasteiger charge is -2.14. The van der Waals surface area contributed by atoms with E-state index in [2.05, 4.69) is 19.5 Å². The van der Waals surface area contributed by atoms with Crippen LogP contribution in [0.25, 0.3) is 11.4 Å². The number of nitrogens with one attached hydrogen (secondary N) is 1. The molecule has 2 aliphatic rings. The van der Waals surface area contributed by atoms with Crippen molar-refractivity contribution < 1.29 is 8.95 Å². The molecule has 0 radical (unpaired) electrons. The third-order valence-corrected chi connectivity index (χ3v) is 7.26. The van der Waals surface area contributed by atoms with Crippen LogP contribution in [-0.4, -0.2) is 25.5 Å². The number of ether oxygens (including phenoxy) is 1. The normalized spacial score (nSPS) is 21.6. The molecule has 2 fully saturated rings. The fourth-order valence-electron chi connectivity index (χ4n) is 4.03. The number of nitrogens with zero attached hydrogens (tertiary/aromatic N) is 3. The van der Waals surface area contributed by atoms with Crippen molar-refractivity contribution in [2.24, 2.45) is 14.9 Å². The second-order valence-corrected chi connectivity index (χ2v) is 9.74. The van der Waals surface area contributed by atoms with Crippen LogP contribution in [0.5, 0.6) is 5.75 Å². The number of rotatable bonds is 5. The number of pyridine rings is 1. The van der Waals surface area contributed by atoms with E-state index in [1.165, 1.54) is 19.3 Å². The fourth-order valence-corrected chi connectivity index (χ4v) is 5.10. The summed E-state index contributed by atoms with van der Waals surface area (Å²) in [5.41, 5.74) is 2.14. The summed E-state index contributed by atoms with van der Waals surface area (Å²) >= 11 is 0. The molecule has 0 aliphatic heterocycles. The number of H-pyrrole nitrogens is 1. The van der Waals surface area contributed by atoms with Crippen LogP contribution in [0.2, 0.25) is 0 Å². The van der Waals surface area contributed by atoms with Gasteiger partial charge in [-0.25, -0.2) is 9.35 Å². The summed E-state index contributed by atoms with van der Waals surface area (Å²) in [5, 5.41) is 13.0. The second-order valence-electron chi connectivity index (χ2n) is 7.95. The summed E-state index contributed by atoms with van der Waals surface area (Å²) in [6.45, 7) is 0. The number of hydrogen-bond acceptors (Lipinski definition) is 5. The third-order valence-electron chi connectivity index (χ3n) is 5.84. The minimum absolute atomic E-state index is 0.280. The molecule has 29 heavy (non-hydrogen) atoms. The molecule has 2 unspecified atom stereocenters. The number of nitrogens with two attached hydrogens (primary N) is 1. The van der Waals surface area contributed by atoms with Crippen LogP contribution in [0.4, 0.5) is 5.69 Å². The second kappa shape index (κ2) is 6.96. The van der Waals surface area contributed by atoms with Crippen LogP contribution in [0.15, 0.2) is 64.1 Å². The van der Waals surface area contributed by atoms with E-state index in [4.69, 9.17) is 9.88 Å². The van der Waals surface area contributed by atoms with Crippen LogP contribution in [0, 0.1) is 5.41 Å². The van der Waals surface area contributed by atoms with E-state index in [9.17, 15) is 4.21 Å². The van der Waals surface area contributed by atoms with Crippen molar-refractivity contribution in [2.75, 3.05) is 0 Å². The molecule has 2 saturated carbocycles. The van der Waals surface area contributed by atoms with Crippen LogP contribution in [-0.2, 0) is 9.92 Å². The minimum atomic E-state index is -3.13. The van der Waals surface area contributed by atoms with E-state index < -0.39 is 9.92 Å². The average Bonchev–Trinajstić information content (AvgIpc) is 3.13. The van der Waals surface area contributed by atoms with E-state index in [0.29, 0.717) is 27.4 Å². The van der Waals surface area contributed by atoms with Crippen molar-refractivity contribution in [1.82, 2.24) is 15.2 Å². The Morgan fingerprint density at radius 1 is 1.17 bits per heavy atom. The Kier molecular flexibility index (Phi) is 4.40. The Hall–Kier alpha value is -2.71. The summed E-state index contributed by atoms with van der Waals surface area (Å²) in [6.07, 6.45) is 9.74. The molecule has 2 heterocycles. The molecule has 2 aliphatic carbocycles. The Morgan fingerprint density at radius 3 is 2.69 bits per heavy atom. The first-order valence-electron chi connectivity index (χ1n) is 9.80. The highest BCUT2D eigenvalue weighted by Crippen LogP contribution is 2.58. The molecule has 0 saturated heterocycles. The lowest BCUT2D eigenvalue weighted by atomic mass is 10.1. The van der Waals surface area contributed by atoms with E-state index in [-0.39, 0.29) is 6.10 Å². The van der Waals surface area contributed by atoms with Crippen LogP contribution < -0.4 is 9.88 Å². The predicted octanol–water partition coefficient (Wildman–Crippen LogP) is 4.22. The maximum absolute atomic E-state index is 13.1. The fraction of sp³-hybridized carbons (Fsp3) is 0.333. The summed E-state index contributed by atoms with van der Waals surface area (Å²) in [6, 6.07) is 12.6. The third kappa shape index (κ3) is 3.77. The molecular weight excluding hydrogens is 386 g/mol. The molecular formula is C21H23N5O2S. The average molecular weight is 410 g/mol. The van der Waals surface area contributed by atoms with E-state index in [1.807, 2.05) is 30.3 Å².